The Morgan fingerprint density at radius 3 is 2.65 bits per heavy atom. The molecule has 0 saturated heterocycles. The van der Waals surface area contributed by atoms with E-state index in [2.05, 4.69) is 10.3 Å². The Balaban J connectivity index is 1.77. The summed E-state index contributed by atoms with van der Waals surface area (Å²) in [6, 6.07) is 19.3. The highest BCUT2D eigenvalue weighted by Crippen LogP contribution is 2.15. The van der Waals surface area contributed by atoms with Crippen LogP contribution >= 0.6 is 0 Å². The van der Waals surface area contributed by atoms with Gasteiger partial charge >= 0.3 is 0 Å². The van der Waals surface area contributed by atoms with E-state index >= 15 is 0 Å². The molecule has 1 amide bonds. The van der Waals surface area contributed by atoms with Crippen LogP contribution in [-0.4, -0.2) is 19.9 Å². The summed E-state index contributed by atoms with van der Waals surface area (Å²) in [5.74, 6) is 0.106. The lowest BCUT2D eigenvalue weighted by Crippen LogP contribution is -2.34. The second-order valence-electron chi connectivity index (χ2n) is 6.92. The molecule has 0 saturated carbocycles. The fourth-order valence-electron chi connectivity index (χ4n) is 3.50. The van der Waals surface area contributed by atoms with E-state index in [1.807, 2.05) is 18.2 Å². The molecule has 2 N–H and O–H groups in total. The molecule has 4 aromatic heterocycles. The second-order valence-corrected chi connectivity index (χ2v) is 6.92. The van der Waals surface area contributed by atoms with Gasteiger partial charge in [-0.15, -0.1) is 0 Å². The molecule has 0 aliphatic heterocycles. The maximum atomic E-state index is 13.2. The Labute approximate surface area is 175 Å². The largest absolute Gasteiger partial charge is 0.467 e. The maximum absolute atomic E-state index is 13.2. The van der Waals surface area contributed by atoms with Crippen LogP contribution in [0.1, 0.15) is 16.1 Å². The molecule has 8 nitrogen and oxygen atoms in total. The quantitative estimate of drug-likeness (QED) is 0.444. The van der Waals surface area contributed by atoms with Crippen LogP contribution in [0.5, 0.6) is 0 Å². The van der Waals surface area contributed by atoms with Crippen molar-refractivity contribution in [2.75, 3.05) is 0 Å². The predicted octanol–water partition coefficient (Wildman–Crippen LogP) is 2.64. The van der Waals surface area contributed by atoms with Crippen molar-refractivity contribution in [3.05, 3.63) is 106 Å². The summed E-state index contributed by atoms with van der Waals surface area (Å²) < 4.78 is 8.19. The molecule has 0 aliphatic carbocycles. The van der Waals surface area contributed by atoms with E-state index in [1.165, 1.54) is 21.3 Å². The minimum atomic E-state index is -0.481. The van der Waals surface area contributed by atoms with Crippen LogP contribution < -0.4 is 16.4 Å². The van der Waals surface area contributed by atoms with Crippen molar-refractivity contribution in [2.24, 2.45) is 0 Å². The first-order valence-electron chi connectivity index (χ1n) is 9.61. The Morgan fingerprint density at radius 2 is 1.87 bits per heavy atom. The molecule has 0 fully saturated rings. The van der Waals surface area contributed by atoms with Crippen LogP contribution in [0, 0.1) is 5.41 Å². The third-order valence-electron chi connectivity index (χ3n) is 4.99. The van der Waals surface area contributed by atoms with E-state index in [-0.39, 0.29) is 28.5 Å². The number of hydrogen-bond donors (Lipinski definition) is 2. The van der Waals surface area contributed by atoms with Gasteiger partial charge in [0.25, 0.3) is 11.5 Å². The standard InChI is InChI=1S/C23H17N5O3/c24-20-17(22(29)25-14-16-9-6-12-31-16)13-18-21(28(20)15-7-2-1-3-8-15)26-19-10-4-5-11-27(19)23(18)30/h1-13,24H,14H2,(H,25,29). The minimum absolute atomic E-state index is 0.0668. The third-order valence-corrected chi connectivity index (χ3v) is 4.99. The number of carbonyl (C=O) groups is 1. The van der Waals surface area contributed by atoms with Crippen molar-refractivity contribution in [3.8, 4) is 5.69 Å². The van der Waals surface area contributed by atoms with Gasteiger partial charge in [0, 0.05) is 11.9 Å². The molecule has 0 atom stereocenters. The summed E-state index contributed by atoms with van der Waals surface area (Å²) in [6.45, 7) is 0.170. The number of carbonyl (C=O) groups excluding carboxylic acids is 1. The van der Waals surface area contributed by atoms with Gasteiger partial charge < -0.3 is 9.73 Å². The summed E-state index contributed by atoms with van der Waals surface area (Å²) in [5, 5.41) is 11.7. The van der Waals surface area contributed by atoms with Gasteiger partial charge in [0.2, 0.25) is 0 Å². The lowest BCUT2D eigenvalue weighted by atomic mass is 10.1. The van der Waals surface area contributed by atoms with E-state index in [4.69, 9.17) is 9.83 Å². The molecule has 0 bridgehead atoms. The summed E-state index contributed by atoms with van der Waals surface area (Å²) in [6.07, 6.45) is 3.15. The van der Waals surface area contributed by atoms with Gasteiger partial charge in [-0.2, -0.15) is 0 Å². The highest BCUT2D eigenvalue weighted by molar-refractivity contribution is 5.97. The van der Waals surface area contributed by atoms with Crippen LogP contribution in [0.3, 0.4) is 0 Å². The fourth-order valence-corrected chi connectivity index (χ4v) is 3.50. The molecule has 0 radical (unpaired) electrons. The van der Waals surface area contributed by atoms with Crippen molar-refractivity contribution in [2.45, 2.75) is 6.54 Å². The van der Waals surface area contributed by atoms with Gasteiger partial charge in [0.05, 0.1) is 23.8 Å². The van der Waals surface area contributed by atoms with Gasteiger partial charge in [-0.1, -0.05) is 24.3 Å². The number of amides is 1. The van der Waals surface area contributed by atoms with Crippen LogP contribution in [0.15, 0.2) is 88.4 Å². The van der Waals surface area contributed by atoms with Gasteiger partial charge in [-0.05, 0) is 42.5 Å². The minimum Gasteiger partial charge on any atom is -0.467 e. The number of hydrogen-bond acceptors (Lipinski definition) is 5. The molecule has 8 heteroatoms. The van der Waals surface area contributed by atoms with Crippen molar-refractivity contribution < 1.29 is 9.21 Å². The summed E-state index contributed by atoms with van der Waals surface area (Å²) in [5.41, 5.74) is 1.09. The highest BCUT2D eigenvalue weighted by atomic mass is 16.3. The normalized spacial score (nSPS) is 11.1. The van der Waals surface area contributed by atoms with E-state index in [0.717, 1.165) is 0 Å². The lowest BCUT2D eigenvalue weighted by molar-refractivity contribution is 0.0946. The smallest absolute Gasteiger partial charge is 0.267 e. The fraction of sp³-hybridized carbons (Fsp3) is 0.0435. The van der Waals surface area contributed by atoms with Crippen molar-refractivity contribution in [3.63, 3.8) is 0 Å². The molecule has 0 aliphatic rings. The number of fused-ring (bicyclic) bond motifs is 2. The first-order valence-corrected chi connectivity index (χ1v) is 9.61. The molecule has 4 heterocycles. The molecule has 0 spiro atoms. The van der Waals surface area contributed by atoms with Crippen molar-refractivity contribution in [1.82, 2.24) is 19.3 Å². The molecular weight excluding hydrogens is 394 g/mol. The maximum Gasteiger partial charge on any atom is 0.267 e. The van der Waals surface area contributed by atoms with Crippen molar-refractivity contribution >= 4 is 22.6 Å². The number of nitrogens with zero attached hydrogens (tertiary/aromatic N) is 3. The molecule has 5 aromatic rings. The SMILES string of the molecule is N=c1c(C(=O)NCc2ccco2)cc2c(=O)n3ccccc3nc2n1-c1ccccc1. The number of aromatic nitrogens is 3. The lowest BCUT2D eigenvalue weighted by Gasteiger charge is -2.14. The highest BCUT2D eigenvalue weighted by Gasteiger charge is 2.18. The van der Waals surface area contributed by atoms with Gasteiger partial charge in [-0.25, -0.2) is 4.98 Å². The average Bonchev–Trinajstić information content (AvgIpc) is 3.32. The number of benzene rings is 1. The summed E-state index contributed by atoms with van der Waals surface area (Å²) in [7, 11) is 0. The first kappa shape index (κ1) is 18.6. The molecular formula is C23H17N5O3. The monoisotopic (exact) mass is 411 g/mol. The van der Waals surface area contributed by atoms with Crippen LogP contribution in [0.25, 0.3) is 22.4 Å². The number of rotatable bonds is 4. The van der Waals surface area contributed by atoms with Gasteiger partial charge in [-0.3, -0.25) is 24.0 Å². The van der Waals surface area contributed by atoms with Crippen LogP contribution in [0.2, 0.25) is 0 Å². The van der Waals surface area contributed by atoms with Gasteiger partial charge in [0.15, 0.2) is 5.65 Å². The number of pyridine rings is 2. The molecule has 152 valence electrons. The van der Waals surface area contributed by atoms with E-state index < -0.39 is 5.91 Å². The topological polar surface area (TPSA) is 105 Å². The Morgan fingerprint density at radius 1 is 1.06 bits per heavy atom. The van der Waals surface area contributed by atoms with Crippen molar-refractivity contribution in [1.29, 1.82) is 5.41 Å². The first-order chi connectivity index (χ1) is 15.1. The Hall–Kier alpha value is -4.46. The van der Waals surface area contributed by atoms with E-state index in [0.29, 0.717) is 22.7 Å². The second kappa shape index (κ2) is 7.42. The van der Waals surface area contributed by atoms with Crippen LogP contribution in [-0.2, 0) is 6.54 Å². The third kappa shape index (κ3) is 3.20. The van der Waals surface area contributed by atoms with Gasteiger partial charge in [0.1, 0.15) is 16.9 Å². The van der Waals surface area contributed by atoms with Crippen LogP contribution in [0.4, 0.5) is 0 Å². The Bertz CT molecular complexity index is 1530. The zero-order valence-electron chi connectivity index (χ0n) is 16.3. The number of furan rings is 1. The van der Waals surface area contributed by atoms with E-state index in [9.17, 15) is 9.59 Å². The zero-order valence-corrected chi connectivity index (χ0v) is 16.3. The Kier molecular flexibility index (Phi) is 4.44. The number of nitrogens with one attached hydrogen (secondary N) is 2. The average molecular weight is 411 g/mol. The summed E-state index contributed by atoms with van der Waals surface area (Å²) >= 11 is 0. The summed E-state index contributed by atoms with van der Waals surface area (Å²) in [4.78, 5) is 30.8. The molecule has 31 heavy (non-hydrogen) atoms. The number of para-hydroxylation sites is 1. The molecule has 5 rings (SSSR count). The molecule has 0 unspecified atom stereocenters. The van der Waals surface area contributed by atoms with E-state index in [1.54, 1.807) is 48.7 Å². The molecule has 1 aromatic carbocycles. The predicted molar refractivity (Wildman–Crippen MR) is 114 cm³/mol. The zero-order chi connectivity index (χ0) is 21.4.